The summed E-state index contributed by atoms with van der Waals surface area (Å²) in [5.41, 5.74) is 0.768. The van der Waals surface area contributed by atoms with Gasteiger partial charge in [0.15, 0.2) is 0 Å². The lowest BCUT2D eigenvalue weighted by atomic mass is 10.0. The predicted molar refractivity (Wildman–Crippen MR) is 70.1 cm³/mol. The number of likely N-dealkylation sites (N-methyl/N-ethyl adjacent to an activating group) is 1. The summed E-state index contributed by atoms with van der Waals surface area (Å²) in [6.45, 7) is 1.61. The van der Waals surface area contributed by atoms with Gasteiger partial charge >= 0.3 is 0 Å². The van der Waals surface area contributed by atoms with Crippen LogP contribution in [0.25, 0.3) is 0 Å². The van der Waals surface area contributed by atoms with Gasteiger partial charge in [0, 0.05) is 13.1 Å². The first-order chi connectivity index (χ1) is 8.74. The fourth-order valence-corrected chi connectivity index (χ4v) is 2.39. The van der Waals surface area contributed by atoms with Gasteiger partial charge in [0.2, 0.25) is 5.91 Å². The van der Waals surface area contributed by atoms with Gasteiger partial charge in [-0.25, -0.2) is 0 Å². The monoisotopic (exact) mass is 248 g/mol. The third-order valence-corrected chi connectivity index (χ3v) is 3.45. The fraction of sp³-hybridized carbons (Fsp3) is 0.500. The standard InChI is InChI=1S/C14H20N2O2/c1-15-12(14(18)16-9-5-6-10-16)13(17)11-7-3-2-4-8-11/h2-4,7-8,12-13,15,17H,5-6,9-10H2,1H3/t12-,13+/m1/s1. The first-order valence-corrected chi connectivity index (χ1v) is 6.43. The molecule has 0 unspecified atom stereocenters. The van der Waals surface area contributed by atoms with Crippen molar-refractivity contribution in [3.05, 3.63) is 35.9 Å². The number of nitrogens with zero attached hydrogens (tertiary/aromatic N) is 1. The Kier molecular flexibility index (Phi) is 4.33. The van der Waals surface area contributed by atoms with Gasteiger partial charge in [-0.05, 0) is 25.5 Å². The average Bonchev–Trinajstić information content (AvgIpc) is 2.94. The van der Waals surface area contributed by atoms with Crippen LogP contribution in [0.5, 0.6) is 0 Å². The smallest absolute Gasteiger partial charge is 0.242 e. The molecular weight excluding hydrogens is 228 g/mol. The first kappa shape index (κ1) is 13.1. The zero-order valence-corrected chi connectivity index (χ0v) is 10.7. The highest BCUT2D eigenvalue weighted by Gasteiger charge is 2.31. The van der Waals surface area contributed by atoms with Crippen molar-refractivity contribution >= 4 is 5.91 Å². The number of hydrogen-bond donors (Lipinski definition) is 2. The second-order valence-electron chi connectivity index (χ2n) is 4.65. The van der Waals surface area contributed by atoms with E-state index in [2.05, 4.69) is 5.32 Å². The Morgan fingerprint density at radius 1 is 1.28 bits per heavy atom. The Bertz CT molecular complexity index is 388. The van der Waals surface area contributed by atoms with Crippen molar-refractivity contribution < 1.29 is 9.90 Å². The number of hydrogen-bond acceptors (Lipinski definition) is 3. The third-order valence-electron chi connectivity index (χ3n) is 3.45. The molecule has 0 saturated carbocycles. The van der Waals surface area contributed by atoms with Crippen LogP contribution in [0.1, 0.15) is 24.5 Å². The molecule has 4 nitrogen and oxygen atoms in total. The van der Waals surface area contributed by atoms with E-state index in [-0.39, 0.29) is 5.91 Å². The summed E-state index contributed by atoms with van der Waals surface area (Å²) in [4.78, 5) is 14.1. The van der Waals surface area contributed by atoms with Gasteiger partial charge < -0.3 is 15.3 Å². The highest BCUT2D eigenvalue weighted by atomic mass is 16.3. The van der Waals surface area contributed by atoms with E-state index < -0.39 is 12.1 Å². The number of nitrogens with one attached hydrogen (secondary N) is 1. The molecule has 1 aliphatic heterocycles. The van der Waals surface area contributed by atoms with Crippen LogP contribution in [0.15, 0.2) is 30.3 Å². The normalized spacial score (nSPS) is 18.7. The minimum Gasteiger partial charge on any atom is -0.386 e. The minimum atomic E-state index is -0.802. The summed E-state index contributed by atoms with van der Waals surface area (Å²) in [7, 11) is 1.71. The lowest BCUT2D eigenvalue weighted by Gasteiger charge is -2.26. The van der Waals surface area contributed by atoms with E-state index in [1.54, 1.807) is 7.05 Å². The van der Waals surface area contributed by atoms with E-state index in [0.29, 0.717) is 0 Å². The van der Waals surface area contributed by atoms with Gasteiger partial charge in [0.25, 0.3) is 0 Å². The van der Waals surface area contributed by atoms with E-state index >= 15 is 0 Å². The Morgan fingerprint density at radius 3 is 2.44 bits per heavy atom. The SMILES string of the molecule is CN[C@@H](C(=O)N1CCCC1)[C@@H](O)c1ccccc1. The van der Waals surface area contributed by atoms with Crippen LogP contribution >= 0.6 is 0 Å². The molecule has 1 saturated heterocycles. The average molecular weight is 248 g/mol. The summed E-state index contributed by atoms with van der Waals surface area (Å²) in [6, 6.07) is 8.74. The molecule has 1 amide bonds. The lowest BCUT2D eigenvalue weighted by Crippen LogP contribution is -2.47. The van der Waals surface area contributed by atoms with E-state index in [9.17, 15) is 9.90 Å². The van der Waals surface area contributed by atoms with Crippen LogP contribution in [0, 0.1) is 0 Å². The molecule has 98 valence electrons. The molecular formula is C14H20N2O2. The molecule has 0 spiro atoms. The second-order valence-corrected chi connectivity index (χ2v) is 4.65. The van der Waals surface area contributed by atoms with Gasteiger partial charge in [-0.15, -0.1) is 0 Å². The summed E-state index contributed by atoms with van der Waals surface area (Å²) >= 11 is 0. The van der Waals surface area contributed by atoms with E-state index in [0.717, 1.165) is 31.5 Å². The second kappa shape index (κ2) is 5.98. The molecule has 4 heteroatoms. The molecule has 2 atom stereocenters. The Hall–Kier alpha value is -1.39. The van der Waals surface area contributed by atoms with Crippen LogP contribution in [-0.4, -0.2) is 42.1 Å². The summed E-state index contributed by atoms with van der Waals surface area (Å²) < 4.78 is 0. The van der Waals surface area contributed by atoms with Gasteiger partial charge in [0.1, 0.15) is 12.1 Å². The predicted octanol–water partition coefficient (Wildman–Crippen LogP) is 0.930. The Balaban J connectivity index is 2.10. The van der Waals surface area contributed by atoms with E-state index in [4.69, 9.17) is 0 Å². The van der Waals surface area contributed by atoms with Crippen LogP contribution in [0.2, 0.25) is 0 Å². The Labute approximate surface area is 108 Å². The number of rotatable bonds is 4. The molecule has 0 aliphatic carbocycles. The molecule has 1 heterocycles. The molecule has 1 aliphatic rings. The summed E-state index contributed by atoms with van der Waals surface area (Å²) in [5.74, 6) is -0.00801. The number of aliphatic hydroxyl groups excluding tert-OH is 1. The molecule has 0 radical (unpaired) electrons. The number of carbonyl (C=O) groups is 1. The molecule has 2 rings (SSSR count). The third kappa shape index (κ3) is 2.71. The van der Waals surface area contributed by atoms with Crippen molar-refractivity contribution in [2.75, 3.05) is 20.1 Å². The highest BCUT2D eigenvalue weighted by molar-refractivity contribution is 5.83. The largest absolute Gasteiger partial charge is 0.386 e. The van der Waals surface area contributed by atoms with Crippen molar-refractivity contribution in [1.29, 1.82) is 0 Å². The van der Waals surface area contributed by atoms with Crippen molar-refractivity contribution in [2.45, 2.75) is 25.0 Å². The van der Waals surface area contributed by atoms with Gasteiger partial charge in [-0.3, -0.25) is 4.79 Å². The molecule has 0 bridgehead atoms. The zero-order chi connectivity index (χ0) is 13.0. The maximum atomic E-state index is 12.3. The quantitative estimate of drug-likeness (QED) is 0.833. The molecule has 1 aromatic rings. The lowest BCUT2D eigenvalue weighted by molar-refractivity contribution is -0.135. The fourth-order valence-electron chi connectivity index (χ4n) is 2.39. The molecule has 1 fully saturated rings. The number of amides is 1. The van der Waals surface area contributed by atoms with Gasteiger partial charge in [0.05, 0.1) is 0 Å². The number of aliphatic hydroxyl groups is 1. The van der Waals surface area contributed by atoms with Crippen LogP contribution < -0.4 is 5.32 Å². The molecule has 0 aromatic heterocycles. The van der Waals surface area contributed by atoms with Crippen molar-refractivity contribution in [1.82, 2.24) is 10.2 Å². The first-order valence-electron chi connectivity index (χ1n) is 6.43. The van der Waals surface area contributed by atoms with Gasteiger partial charge in [-0.1, -0.05) is 30.3 Å². The zero-order valence-electron chi connectivity index (χ0n) is 10.7. The number of carbonyl (C=O) groups excluding carboxylic acids is 1. The Morgan fingerprint density at radius 2 is 1.89 bits per heavy atom. The van der Waals surface area contributed by atoms with Crippen LogP contribution in [-0.2, 0) is 4.79 Å². The van der Waals surface area contributed by atoms with Crippen molar-refractivity contribution in [3.63, 3.8) is 0 Å². The maximum absolute atomic E-state index is 12.3. The van der Waals surface area contributed by atoms with Crippen molar-refractivity contribution in [3.8, 4) is 0 Å². The van der Waals surface area contributed by atoms with Crippen LogP contribution in [0.3, 0.4) is 0 Å². The van der Waals surface area contributed by atoms with Crippen molar-refractivity contribution in [2.24, 2.45) is 0 Å². The number of likely N-dealkylation sites (tertiary alicyclic amines) is 1. The molecule has 18 heavy (non-hydrogen) atoms. The molecule has 2 N–H and O–H groups in total. The number of benzene rings is 1. The highest BCUT2D eigenvalue weighted by Crippen LogP contribution is 2.19. The van der Waals surface area contributed by atoms with Gasteiger partial charge in [-0.2, -0.15) is 0 Å². The minimum absolute atomic E-state index is 0.00801. The van der Waals surface area contributed by atoms with Crippen LogP contribution in [0.4, 0.5) is 0 Å². The summed E-state index contributed by atoms with van der Waals surface area (Å²) in [6.07, 6.45) is 1.32. The van der Waals surface area contributed by atoms with E-state index in [1.807, 2.05) is 35.2 Å². The van der Waals surface area contributed by atoms with E-state index in [1.165, 1.54) is 0 Å². The topological polar surface area (TPSA) is 52.6 Å². The molecule has 1 aromatic carbocycles. The summed E-state index contributed by atoms with van der Waals surface area (Å²) in [5, 5.41) is 13.2. The maximum Gasteiger partial charge on any atom is 0.242 e.